The quantitative estimate of drug-likeness (QED) is 0.766. The number of hydrogen-bond donors (Lipinski definition) is 2. The minimum atomic E-state index is -0.348. The van der Waals surface area contributed by atoms with Crippen LogP contribution in [0.3, 0.4) is 0 Å². The van der Waals surface area contributed by atoms with Crippen LogP contribution in [-0.2, 0) is 4.79 Å². The summed E-state index contributed by atoms with van der Waals surface area (Å²) in [6, 6.07) is 18.4. The lowest BCUT2D eigenvalue weighted by Gasteiger charge is -2.21. The van der Waals surface area contributed by atoms with Crippen LogP contribution in [0.15, 0.2) is 54.6 Å². The average Bonchev–Trinajstić information content (AvgIpc) is 2.57. The van der Waals surface area contributed by atoms with E-state index in [0.29, 0.717) is 0 Å². The standard InChI is InChI=1S/C20H26N2O/c1-5-20(3,4)19(23)22-18-13-11-17(12-14-18)21-15(2)16-9-7-6-8-10-16/h6-15,21H,5H2,1-4H3,(H,22,23). The van der Waals surface area contributed by atoms with E-state index in [0.717, 1.165) is 17.8 Å². The van der Waals surface area contributed by atoms with Crippen LogP contribution in [0.1, 0.15) is 45.7 Å². The molecule has 0 aliphatic heterocycles. The molecule has 2 aromatic rings. The second-order valence-corrected chi connectivity index (χ2v) is 6.55. The zero-order valence-electron chi connectivity index (χ0n) is 14.4. The van der Waals surface area contributed by atoms with E-state index in [4.69, 9.17) is 0 Å². The van der Waals surface area contributed by atoms with E-state index in [1.807, 2.05) is 63.2 Å². The summed E-state index contributed by atoms with van der Waals surface area (Å²) >= 11 is 0. The molecule has 122 valence electrons. The molecular weight excluding hydrogens is 284 g/mol. The molecule has 23 heavy (non-hydrogen) atoms. The molecule has 1 unspecified atom stereocenters. The van der Waals surface area contributed by atoms with Gasteiger partial charge in [0.15, 0.2) is 0 Å². The van der Waals surface area contributed by atoms with Crippen molar-refractivity contribution < 1.29 is 4.79 Å². The molecule has 0 saturated carbocycles. The number of benzene rings is 2. The molecule has 0 radical (unpaired) electrons. The van der Waals surface area contributed by atoms with Crippen molar-refractivity contribution in [2.45, 2.75) is 40.2 Å². The molecule has 0 aliphatic rings. The van der Waals surface area contributed by atoms with Crippen LogP contribution in [0.25, 0.3) is 0 Å². The van der Waals surface area contributed by atoms with Gasteiger partial charge >= 0.3 is 0 Å². The van der Waals surface area contributed by atoms with E-state index in [9.17, 15) is 4.79 Å². The monoisotopic (exact) mass is 310 g/mol. The lowest BCUT2D eigenvalue weighted by Crippen LogP contribution is -2.29. The van der Waals surface area contributed by atoms with Gasteiger partial charge in [-0.25, -0.2) is 0 Å². The Balaban J connectivity index is 1.98. The predicted octanol–water partition coefficient (Wildman–Crippen LogP) is 5.23. The highest BCUT2D eigenvalue weighted by atomic mass is 16.2. The first-order chi connectivity index (χ1) is 10.9. The number of carbonyl (C=O) groups excluding carboxylic acids is 1. The molecule has 3 nitrogen and oxygen atoms in total. The number of nitrogens with one attached hydrogen (secondary N) is 2. The minimum absolute atomic E-state index is 0.0540. The summed E-state index contributed by atoms with van der Waals surface area (Å²) in [5.74, 6) is 0.0540. The molecule has 0 bridgehead atoms. The number of carbonyl (C=O) groups is 1. The number of hydrogen-bond acceptors (Lipinski definition) is 2. The lowest BCUT2D eigenvalue weighted by atomic mass is 9.89. The Bertz CT molecular complexity index is 632. The van der Waals surface area contributed by atoms with E-state index in [2.05, 4.69) is 29.7 Å². The number of rotatable bonds is 6. The third-order valence-electron chi connectivity index (χ3n) is 4.32. The molecule has 2 N–H and O–H groups in total. The van der Waals surface area contributed by atoms with Gasteiger partial charge in [-0.2, -0.15) is 0 Å². The molecule has 0 heterocycles. The van der Waals surface area contributed by atoms with Gasteiger partial charge in [0.05, 0.1) is 0 Å². The average molecular weight is 310 g/mol. The van der Waals surface area contributed by atoms with Gasteiger partial charge in [-0.15, -0.1) is 0 Å². The van der Waals surface area contributed by atoms with Gasteiger partial charge < -0.3 is 10.6 Å². The molecule has 3 heteroatoms. The summed E-state index contributed by atoms with van der Waals surface area (Å²) in [4.78, 5) is 12.2. The summed E-state index contributed by atoms with van der Waals surface area (Å²) in [5, 5.41) is 6.45. The molecule has 0 aliphatic carbocycles. The van der Waals surface area contributed by atoms with Gasteiger partial charge in [-0.1, -0.05) is 51.1 Å². The Morgan fingerprint density at radius 2 is 1.57 bits per heavy atom. The van der Waals surface area contributed by atoms with Crippen LogP contribution in [0.2, 0.25) is 0 Å². The van der Waals surface area contributed by atoms with Gasteiger partial charge in [-0.3, -0.25) is 4.79 Å². The highest BCUT2D eigenvalue weighted by molar-refractivity contribution is 5.94. The Morgan fingerprint density at radius 3 is 2.13 bits per heavy atom. The molecule has 1 amide bonds. The number of amides is 1. The molecule has 0 saturated heterocycles. The van der Waals surface area contributed by atoms with Crippen molar-refractivity contribution in [3.63, 3.8) is 0 Å². The fourth-order valence-electron chi connectivity index (χ4n) is 2.19. The highest BCUT2D eigenvalue weighted by Gasteiger charge is 2.25. The second kappa shape index (κ2) is 7.32. The van der Waals surface area contributed by atoms with Gasteiger partial charge in [0.25, 0.3) is 0 Å². The second-order valence-electron chi connectivity index (χ2n) is 6.55. The zero-order chi connectivity index (χ0) is 16.9. The molecule has 2 rings (SSSR count). The van der Waals surface area contributed by atoms with Gasteiger partial charge in [0, 0.05) is 22.8 Å². The summed E-state index contributed by atoms with van der Waals surface area (Å²) < 4.78 is 0. The van der Waals surface area contributed by atoms with Crippen LogP contribution in [0, 0.1) is 5.41 Å². The van der Waals surface area contributed by atoms with Crippen LogP contribution in [0.5, 0.6) is 0 Å². The molecule has 1 atom stereocenters. The zero-order valence-corrected chi connectivity index (χ0v) is 14.4. The maximum Gasteiger partial charge on any atom is 0.230 e. The van der Waals surface area contributed by atoms with Crippen molar-refractivity contribution in [1.82, 2.24) is 0 Å². The van der Waals surface area contributed by atoms with Gasteiger partial charge in [0.2, 0.25) is 5.91 Å². The molecule has 0 spiro atoms. The Morgan fingerprint density at radius 1 is 1.00 bits per heavy atom. The van der Waals surface area contributed by atoms with E-state index in [1.165, 1.54) is 5.56 Å². The number of anilines is 2. The van der Waals surface area contributed by atoms with Crippen LogP contribution >= 0.6 is 0 Å². The van der Waals surface area contributed by atoms with Crippen molar-refractivity contribution in [2.75, 3.05) is 10.6 Å². The topological polar surface area (TPSA) is 41.1 Å². The van der Waals surface area contributed by atoms with E-state index in [-0.39, 0.29) is 17.4 Å². The minimum Gasteiger partial charge on any atom is -0.379 e. The molecule has 0 aromatic heterocycles. The summed E-state index contributed by atoms with van der Waals surface area (Å²) in [6.45, 7) is 8.08. The van der Waals surface area contributed by atoms with E-state index < -0.39 is 0 Å². The largest absolute Gasteiger partial charge is 0.379 e. The first-order valence-corrected chi connectivity index (χ1v) is 8.15. The Labute approximate surface area is 139 Å². The van der Waals surface area contributed by atoms with Crippen molar-refractivity contribution in [3.8, 4) is 0 Å². The molecule has 0 fully saturated rings. The maximum atomic E-state index is 12.2. The van der Waals surface area contributed by atoms with E-state index >= 15 is 0 Å². The van der Waals surface area contributed by atoms with E-state index in [1.54, 1.807) is 0 Å². The third-order valence-corrected chi connectivity index (χ3v) is 4.32. The first-order valence-electron chi connectivity index (χ1n) is 8.15. The summed E-state index contributed by atoms with van der Waals surface area (Å²) in [6.07, 6.45) is 0.813. The lowest BCUT2D eigenvalue weighted by molar-refractivity contribution is -0.124. The fraction of sp³-hybridized carbons (Fsp3) is 0.350. The maximum absolute atomic E-state index is 12.2. The van der Waals surface area contributed by atoms with Gasteiger partial charge in [0.1, 0.15) is 0 Å². The van der Waals surface area contributed by atoms with Crippen LogP contribution in [0.4, 0.5) is 11.4 Å². The summed E-state index contributed by atoms with van der Waals surface area (Å²) in [7, 11) is 0. The Hall–Kier alpha value is -2.29. The smallest absolute Gasteiger partial charge is 0.230 e. The third kappa shape index (κ3) is 4.59. The SMILES string of the molecule is CCC(C)(C)C(=O)Nc1ccc(NC(C)c2ccccc2)cc1. The van der Waals surface area contributed by atoms with Crippen LogP contribution in [-0.4, -0.2) is 5.91 Å². The predicted molar refractivity (Wildman–Crippen MR) is 97.6 cm³/mol. The Kier molecular flexibility index (Phi) is 5.43. The first kappa shape index (κ1) is 17.1. The highest BCUT2D eigenvalue weighted by Crippen LogP contribution is 2.24. The van der Waals surface area contributed by atoms with Crippen molar-refractivity contribution in [2.24, 2.45) is 5.41 Å². The molecular formula is C20H26N2O. The normalized spacial score (nSPS) is 12.5. The summed E-state index contributed by atoms with van der Waals surface area (Å²) in [5.41, 5.74) is 2.76. The van der Waals surface area contributed by atoms with Gasteiger partial charge in [-0.05, 0) is 43.2 Å². The fourth-order valence-corrected chi connectivity index (χ4v) is 2.19. The van der Waals surface area contributed by atoms with Crippen molar-refractivity contribution >= 4 is 17.3 Å². The molecule has 2 aromatic carbocycles. The van der Waals surface area contributed by atoms with Crippen molar-refractivity contribution in [3.05, 3.63) is 60.2 Å². The van der Waals surface area contributed by atoms with Crippen molar-refractivity contribution in [1.29, 1.82) is 0 Å². The van der Waals surface area contributed by atoms with Crippen LogP contribution < -0.4 is 10.6 Å².